The van der Waals surface area contributed by atoms with Crippen LogP contribution in [0.2, 0.25) is 0 Å². The minimum absolute atomic E-state index is 0.0858. The molecule has 0 aromatic heterocycles. The average molecular weight is 345 g/mol. The van der Waals surface area contributed by atoms with Gasteiger partial charge in [-0.15, -0.1) is 0 Å². The third-order valence-electron chi connectivity index (χ3n) is 3.66. The molecular formula is C14H17ClN2O4S. The van der Waals surface area contributed by atoms with Crippen molar-refractivity contribution in [1.29, 1.82) is 0 Å². The van der Waals surface area contributed by atoms with Gasteiger partial charge in [0, 0.05) is 54.9 Å². The first-order valence-electron chi connectivity index (χ1n) is 6.74. The maximum absolute atomic E-state index is 12.0. The molecule has 0 radical (unpaired) electrons. The van der Waals surface area contributed by atoms with Crippen LogP contribution in [0.5, 0.6) is 0 Å². The van der Waals surface area contributed by atoms with Crippen LogP contribution in [0.3, 0.4) is 0 Å². The van der Waals surface area contributed by atoms with Crippen LogP contribution < -0.4 is 9.80 Å². The Labute approximate surface area is 134 Å². The van der Waals surface area contributed by atoms with Crippen molar-refractivity contribution in [3.05, 3.63) is 24.3 Å². The number of hydrogen-bond acceptors (Lipinski definition) is 4. The van der Waals surface area contributed by atoms with Gasteiger partial charge in [0.15, 0.2) is 0 Å². The fourth-order valence-corrected chi connectivity index (χ4v) is 3.78. The van der Waals surface area contributed by atoms with Crippen LogP contribution in [0, 0.1) is 5.92 Å². The van der Waals surface area contributed by atoms with Gasteiger partial charge in [-0.2, -0.15) is 0 Å². The molecular weight excluding hydrogens is 328 g/mol. The van der Waals surface area contributed by atoms with E-state index >= 15 is 0 Å². The van der Waals surface area contributed by atoms with E-state index in [4.69, 9.17) is 10.7 Å². The lowest BCUT2D eigenvalue weighted by Crippen LogP contribution is -2.26. The zero-order valence-corrected chi connectivity index (χ0v) is 13.9. The molecule has 0 spiro atoms. The van der Waals surface area contributed by atoms with Crippen LogP contribution in [0.4, 0.5) is 11.4 Å². The predicted octanol–water partition coefficient (Wildman–Crippen LogP) is 1.59. The van der Waals surface area contributed by atoms with Gasteiger partial charge in [-0.05, 0) is 24.3 Å². The smallest absolute Gasteiger partial charge is 0.232 e. The number of rotatable bonds is 4. The summed E-state index contributed by atoms with van der Waals surface area (Å²) in [4.78, 5) is 26.4. The number of hydrogen-bond donors (Lipinski definition) is 0. The minimum Gasteiger partial charge on any atom is -0.316 e. The fraction of sp³-hybridized carbons (Fsp3) is 0.429. The molecule has 1 aliphatic rings. The van der Waals surface area contributed by atoms with Crippen LogP contribution >= 0.6 is 10.7 Å². The van der Waals surface area contributed by atoms with Gasteiger partial charge in [-0.3, -0.25) is 9.59 Å². The first-order chi connectivity index (χ1) is 10.2. The predicted molar refractivity (Wildman–Crippen MR) is 85.6 cm³/mol. The average Bonchev–Trinajstić information content (AvgIpc) is 2.76. The molecule has 1 saturated heterocycles. The summed E-state index contributed by atoms with van der Waals surface area (Å²) in [6, 6.07) is 6.97. The molecule has 6 nitrogen and oxygen atoms in total. The van der Waals surface area contributed by atoms with Crippen molar-refractivity contribution in [3.63, 3.8) is 0 Å². The van der Waals surface area contributed by atoms with E-state index in [1.165, 1.54) is 11.8 Å². The molecule has 1 aromatic carbocycles. The molecule has 0 saturated carbocycles. The number of anilines is 2. The molecule has 0 bridgehead atoms. The number of nitrogens with zero attached hydrogens (tertiary/aromatic N) is 2. The van der Waals surface area contributed by atoms with E-state index in [1.54, 1.807) is 36.2 Å². The molecule has 0 N–H and O–H groups in total. The van der Waals surface area contributed by atoms with Gasteiger partial charge in [0.2, 0.25) is 20.9 Å². The highest BCUT2D eigenvalue weighted by Crippen LogP contribution is 2.28. The molecule has 22 heavy (non-hydrogen) atoms. The Morgan fingerprint density at radius 3 is 2.45 bits per heavy atom. The zero-order chi connectivity index (χ0) is 16.5. The molecule has 1 fully saturated rings. The van der Waals surface area contributed by atoms with E-state index in [9.17, 15) is 18.0 Å². The lowest BCUT2D eigenvalue weighted by Gasteiger charge is -2.19. The maximum Gasteiger partial charge on any atom is 0.232 e. The van der Waals surface area contributed by atoms with Crippen LogP contribution in [0.25, 0.3) is 0 Å². The van der Waals surface area contributed by atoms with Crippen molar-refractivity contribution in [2.45, 2.75) is 13.3 Å². The zero-order valence-electron chi connectivity index (χ0n) is 12.3. The highest BCUT2D eigenvalue weighted by atomic mass is 35.7. The van der Waals surface area contributed by atoms with E-state index in [0.717, 1.165) is 5.69 Å². The summed E-state index contributed by atoms with van der Waals surface area (Å²) < 4.78 is 22.2. The van der Waals surface area contributed by atoms with E-state index < -0.39 is 9.05 Å². The highest BCUT2D eigenvalue weighted by molar-refractivity contribution is 8.13. The molecule has 1 aromatic rings. The van der Waals surface area contributed by atoms with E-state index in [2.05, 4.69) is 0 Å². The molecule has 1 unspecified atom stereocenters. The molecule has 120 valence electrons. The van der Waals surface area contributed by atoms with Gasteiger partial charge < -0.3 is 9.80 Å². The summed E-state index contributed by atoms with van der Waals surface area (Å²) in [7, 11) is 3.30. The maximum atomic E-state index is 12.0. The number of carbonyl (C=O) groups excluding carboxylic acids is 2. The van der Waals surface area contributed by atoms with Crippen molar-refractivity contribution in [2.24, 2.45) is 5.92 Å². The highest BCUT2D eigenvalue weighted by Gasteiger charge is 2.33. The summed E-state index contributed by atoms with van der Waals surface area (Å²) >= 11 is 0. The largest absolute Gasteiger partial charge is 0.316 e. The second-order valence-electron chi connectivity index (χ2n) is 5.37. The minimum atomic E-state index is -3.61. The Bertz CT molecular complexity index is 687. The van der Waals surface area contributed by atoms with Gasteiger partial charge in [0.25, 0.3) is 0 Å². The summed E-state index contributed by atoms with van der Waals surface area (Å²) in [5.41, 5.74) is 1.41. The first kappa shape index (κ1) is 16.8. The number of benzene rings is 1. The second kappa shape index (κ2) is 6.26. The Morgan fingerprint density at radius 1 is 1.36 bits per heavy atom. The SMILES string of the molecule is CC(=O)N(C)c1ccc(N2CC(CS(=O)(=O)Cl)CC2=O)cc1. The Kier molecular flexibility index (Phi) is 4.77. The molecule has 8 heteroatoms. The van der Waals surface area contributed by atoms with Crippen molar-refractivity contribution in [3.8, 4) is 0 Å². The van der Waals surface area contributed by atoms with Crippen LogP contribution in [0.15, 0.2) is 24.3 Å². The first-order valence-corrected chi connectivity index (χ1v) is 9.22. The Hall–Kier alpha value is -1.60. The molecule has 1 aliphatic heterocycles. The van der Waals surface area contributed by atoms with Gasteiger partial charge >= 0.3 is 0 Å². The number of halogens is 1. The van der Waals surface area contributed by atoms with Crippen LogP contribution in [0.1, 0.15) is 13.3 Å². The fourth-order valence-electron chi connectivity index (χ4n) is 2.46. The van der Waals surface area contributed by atoms with Gasteiger partial charge in [0.05, 0.1) is 5.75 Å². The van der Waals surface area contributed by atoms with Crippen molar-refractivity contribution >= 4 is 42.9 Å². The van der Waals surface area contributed by atoms with Crippen LogP contribution in [-0.2, 0) is 18.6 Å². The van der Waals surface area contributed by atoms with Crippen molar-refractivity contribution < 1.29 is 18.0 Å². The lowest BCUT2D eigenvalue weighted by atomic mass is 10.1. The normalized spacial score (nSPS) is 18.6. The topological polar surface area (TPSA) is 74.8 Å². The number of carbonyl (C=O) groups is 2. The van der Waals surface area contributed by atoms with E-state index in [1.807, 2.05) is 0 Å². The lowest BCUT2D eigenvalue weighted by molar-refractivity contribution is -0.117. The molecule has 1 heterocycles. The number of amides is 2. The molecule has 0 aliphatic carbocycles. The summed E-state index contributed by atoms with van der Waals surface area (Å²) in [6.45, 7) is 1.79. The quantitative estimate of drug-likeness (QED) is 0.777. The Morgan fingerprint density at radius 2 is 1.95 bits per heavy atom. The van der Waals surface area contributed by atoms with E-state index in [0.29, 0.717) is 12.2 Å². The summed E-state index contributed by atoms with van der Waals surface area (Å²) in [5.74, 6) is -0.716. The summed E-state index contributed by atoms with van der Waals surface area (Å²) in [5, 5.41) is 0. The standard InChI is InChI=1S/C14H17ClN2O4S/c1-10(18)16(2)12-3-5-13(6-4-12)17-8-11(7-14(17)19)9-22(15,20)21/h3-6,11H,7-9H2,1-2H3. The molecule has 2 rings (SSSR count). The second-order valence-corrected chi connectivity index (χ2v) is 8.20. The summed E-state index contributed by atoms with van der Waals surface area (Å²) in [6.07, 6.45) is 0.168. The van der Waals surface area contributed by atoms with Crippen molar-refractivity contribution in [1.82, 2.24) is 0 Å². The van der Waals surface area contributed by atoms with Gasteiger partial charge in [0.1, 0.15) is 0 Å². The van der Waals surface area contributed by atoms with E-state index in [-0.39, 0.29) is 29.9 Å². The van der Waals surface area contributed by atoms with Crippen LogP contribution in [-0.4, -0.2) is 39.6 Å². The monoisotopic (exact) mass is 344 g/mol. The Balaban J connectivity index is 2.12. The van der Waals surface area contributed by atoms with Crippen molar-refractivity contribution in [2.75, 3.05) is 29.1 Å². The van der Waals surface area contributed by atoms with Gasteiger partial charge in [-0.1, -0.05) is 0 Å². The van der Waals surface area contributed by atoms with Gasteiger partial charge in [-0.25, -0.2) is 8.42 Å². The molecule has 1 atom stereocenters. The molecule has 2 amide bonds. The third-order valence-corrected chi connectivity index (χ3v) is 4.91. The third kappa shape index (κ3) is 3.98.